The van der Waals surface area contributed by atoms with Crippen LogP contribution in [0.15, 0.2) is 24.3 Å². The van der Waals surface area contributed by atoms with Gasteiger partial charge in [0.2, 0.25) is 5.91 Å². The number of carbonyl (C=O) groups is 1. The van der Waals surface area contributed by atoms with Crippen molar-refractivity contribution in [2.24, 2.45) is 5.92 Å². The Hall–Kier alpha value is -1.07. The van der Waals surface area contributed by atoms with Crippen molar-refractivity contribution in [1.29, 1.82) is 0 Å². The fraction of sp³-hybridized carbons (Fsp3) is 0.667. The van der Waals surface area contributed by atoms with Crippen LogP contribution >= 0.6 is 11.6 Å². The summed E-state index contributed by atoms with van der Waals surface area (Å²) in [6.07, 6.45) is 4.92. The van der Waals surface area contributed by atoms with E-state index >= 15 is 0 Å². The molecule has 0 aromatic heterocycles. The van der Waals surface area contributed by atoms with Crippen molar-refractivity contribution >= 4 is 27.3 Å². The van der Waals surface area contributed by atoms with Crippen LogP contribution in [0.2, 0.25) is 5.02 Å². The lowest BCUT2D eigenvalue weighted by Crippen LogP contribution is -2.50. The zero-order valence-electron chi connectivity index (χ0n) is 16.3. The van der Waals surface area contributed by atoms with Gasteiger partial charge in [-0.05, 0) is 49.3 Å². The second kappa shape index (κ2) is 8.12. The van der Waals surface area contributed by atoms with Gasteiger partial charge in [0.1, 0.15) is 0 Å². The van der Waals surface area contributed by atoms with Gasteiger partial charge in [-0.1, -0.05) is 50.4 Å². The Morgan fingerprint density at radius 1 is 1.15 bits per heavy atom. The Bertz CT molecular complexity index is 759. The Labute approximate surface area is 168 Å². The number of benzene rings is 1. The molecule has 0 spiro atoms. The highest BCUT2D eigenvalue weighted by Gasteiger charge is 2.46. The monoisotopic (exact) mass is 411 g/mol. The summed E-state index contributed by atoms with van der Waals surface area (Å²) in [4.78, 5) is 15.4. The molecule has 0 radical (unpaired) electrons. The van der Waals surface area contributed by atoms with Gasteiger partial charge < -0.3 is 4.90 Å². The molecule has 0 unspecified atom stereocenters. The first-order chi connectivity index (χ1) is 12.7. The first-order valence-electron chi connectivity index (χ1n) is 10.0. The predicted molar refractivity (Wildman–Crippen MR) is 110 cm³/mol. The molecule has 1 aromatic carbocycles. The van der Waals surface area contributed by atoms with Crippen molar-refractivity contribution in [3.8, 4) is 0 Å². The van der Waals surface area contributed by atoms with E-state index in [2.05, 4.69) is 0 Å². The average molecular weight is 412 g/mol. The number of halogens is 1. The summed E-state index contributed by atoms with van der Waals surface area (Å²) >= 11 is 6.03. The Morgan fingerprint density at radius 3 is 2.22 bits per heavy atom. The Kier molecular flexibility index (Phi) is 6.21. The van der Waals surface area contributed by atoms with Crippen LogP contribution in [0.4, 0.5) is 0 Å². The summed E-state index contributed by atoms with van der Waals surface area (Å²) in [6, 6.07) is 7.67. The largest absolute Gasteiger partial charge is 0.342 e. The number of amides is 1. The van der Waals surface area contributed by atoms with E-state index in [0.717, 1.165) is 31.2 Å². The maximum atomic E-state index is 13.5. The summed E-state index contributed by atoms with van der Waals surface area (Å²) < 4.78 is 25.1. The van der Waals surface area contributed by atoms with Crippen LogP contribution in [-0.2, 0) is 20.0 Å². The maximum absolute atomic E-state index is 13.5. The minimum atomic E-state index is -3.08. The fourth-order valence-electron chi connectivity index (χ4n) is 4.69. The molecular weight excluding hydrogens is 382 g/mol. The summed E-state index contributed by atoms with van der Waals surface area (Å²) in [5, 5.41) is 0.370. The van der Waals surface area contributed by atoms with E-state index in [1.54, 1.807) is 0 Å². The number of piperidine rings is 1. The topological polar surface area (TPSA) is 54.5 Å². The zero-order chi connectivity index (χ0) is 19.7. The molecule has 2 fully saturated rings. The van der Waals surface area contributed by atoms with Crippen LogP contribution in [-0.4, -0.2) is 43.3 Å². The molecule has 1 aliphatic heterocycles. The van der Waals surface area contributed by atoms with Crippen molar-refractivity contribution in [2.75, 3.05) is 18.8 Å². The van der Waals surface area contributed by atoms with Crippen molar-refractivity contribution < 1.29 is 13.2 Å². The van der Waals surface area contributed by atoms with Crippen LogP contribution in [0.5, 0.6) is 0 Å². The Balaban J connectivity index is 1.73. The van der Waals surface area contributed by atoms with Crippen LogP contribution in [0, 0.1) is 5.92 Å². The number of hydrogen-bond donors (Lipinski definition) is 0. The summed E-state index contributed by atoms with van der Waals surface area (Å²) in [6.45, 7) is 4.95. The first kappa shape index (κ1) is 20.7. The van der Waals surface area contributed by atoms with Crippen molar-refractivity contribution in [2.45, 2.75) is 63.0 Å². The van der Waals surface area contributed by atoms with E-state index in [-0.39, 0.29) is 22.8 Å². The second-order valence-corrected chi connectivity index (χ2v) is 11.3. The van der Waals surface area contributed by atoms with Crippen molar-refractivity contribution in [3.63, 3.8) is 0 Å². The molecule has 1 aliphatic carbocycles. The lowest BCUT2D eigenvalue weighted by Gasteiger charge is -2.38. The number of likely N-dealkylation sites (tertiary alicyclic amines) is 1. The molecule has 1 heterocycles. The van der Waals surface area contributed by atoms with E-state index in [9.17, 15) is 13.2 Å². The number of sulfone groups is 1. The van der Waals surface area contributed by atoms with Gasteiger partial charge in [0, 0.05) is 18.1 Å². The van der Waals surface area contributed by atoms with Gasteiger partial charge in [0.05, 0.1) is 16.4 Å². The minimum Gasteiger partial charge on any atom is -0.342 e. The average Bonchev–Trinajstić information content (AvgIpc) is 3.12. The number of nitrogens with zero attached hydrogens (tertiary/aromatic N) is 1. The first-order valence-corrected chi connectivity index (χ1v) is 12.1. The van der Waals surface area contributed by atoms with Crippen molar-refractivity contribution in [1.82, 2.24) is 4.90 Å². The summed E-state index contributed by atoms with van der Waals surface area (Å²) in [7, 11) is -3.08. The molecule has 1 aromatic rings. The highest BCUT2D eigenvalue weighted by Crippen LogP contribution is 2.43. The van der Waals surface area contributed by atoms with E-state index < -0.39 is 15.3 Å². The molecule has 0 atom stereocenters. The highest BCUT2D eigenvalue weighted by molar-refractivity contribution is 7.92. The van der Waals surface area contributed by atoms with Gasteiger partial charge in [-0.25, -0.2) is 8.42 Å². The van der Waals surface area contributed by atoms with Gasteiger partial charge in [-0.15, -0.1) is 0 Å². The summed E-state index contributed by atoms with van der Waals surface area (Å²) in [5.74, 6) is 0.545. The van der Waals surface area contributed by atoms with E-state index in [0.29, 0.717) is 31.0 Å². The molecule has 150 valence electrons. The van der Waals surface area contributed by atoms with Crippen LogP contribution in [0.1, 0.15) is 57.9 Å². The van der Waals surface area contributed by atoms with Gasteiger partial charge >= 0.3 is 0 Å². The maximum Gasteiger partial charge on any atom is 0.233 e. The SMILES string of the molecule is CC(C)CS(=O)(=O)C1CCN(C(=O)C2(c3ccc(Cl)cc3)CCCC2)CC1. The van der Waals surface area contributed by atoms with E-state index in [1.807, 2.05) is 43.0 Å². The lowest BCUT2D eigenvalue weighted by molar-refractivity contribution is -0.138. The van der Waals surface area contributed by atoms with Gasteiger partial charge in [0.25, 0.3) is 0 Å². The van der Waals surface area contributed by atoms with Gasteiger partial charge in [0.15, 0.2) is 9.84 Å². The second-order valence-electron chi connectivity index (χ2n) is 8.51. The van der Waals surface area contributed by atoms with Crippen LogP contribution < -0.4 is 0 Å². The molecule has 3 rings (SSSR count). The highest BCUT2D eigenvalue weighted by atomic mass is 35.5. The smallest absolute Gasteiger partial charge is 0.233 e. The quantitative estimate of drug-likeness (QED) is 0.729. The third-order valence-corrected chi connectivity index (χ3v) is 8.94. The molecule has 27 heavy (non-hydrogen) atoms. The zero-order valence-corrected chi connectivity index (χ0v) is 17.9. The number of carbonyl (C=O) groups excluding carboxylic acids is 1. The number of hydrogen-bond acceptors (Lipinski definition) is 3. The third-order valence-electron chi connectivity index (χ3n) is 6.07. The number of rotatable bonds is 5. The predicted octanol–water partition coefficient (Wildman–Crippen LogP) is 4.21. The molecule has 6 heteroatoms. The van der Waals surface area contributed by atoms with Crippen LogP contribution in [0.25, 0.3) is 0 Å². The molecule has 0 bridgehead atoms. The fourth-order valence-corrected chi connectivity index (χ4v) is 6.95. The van der Waals surface area contributed by atoms with Crippen molar-refractivity contribution in [3.05, 3.63) is 34.9 Å². The van der Waals surface area contributed by atoms with Gasteiger partial charge in [-0.2, -0.15) is 0 Å². The van der Waals surface area contributed by atoms with E-state index in [1.165, 1.54) is 0 Å². The van der Waals surface area contributed by atoms with E-state index in [4.69, 9.17) is 11.6 Å². The Morgan fingerprint density at radius 2 is 1.70 bits per heavy atom. The molecule has 1 amide bonds. The molecule has 0 N–H and O–H groups in total. The third kappa shape index (κ3) is 4.34. The standard InChI is InChI=1S/C21H30ClNO3S/c1-16(2)15-27(25,26)19-9-13-23(14-10-19)20(24)21(11-3-4-12-21)17-5-7-18(22)8-6-17/h5-8,16,19H,3-4,9-15H2,1-2H3. The molecule has 2 aliphatic rings. The molecule has 1 saturated carbocycles. The normalized spacial score (nSPS) is 21.0. The molecule has 4 nitrogen and oxygen atoms in total. The van der Waals surface area contributed by atoms with Gasteiger partial charge in [-0.3, -0.25) is 4.79 Å². The lowest BCUT2D eigenvalue weighted by atomic mass is 9.77. The molecular formula is C21H30ClNO3S. The minimum absolute atomic E-state index is 0.140. The van der Waals surface area contributed by atoms with Crippen LogP contribution in [0.3, 0.4) is 0 Å². The molecule has 1 saturated heterocycles. The summed E-state index contributed by atoms with van der Waals surface area (Å²) in [5.41, 5.74) is 0.581.